The summed E-state index contributed by atoms with van der Waals surface area (Å²) in [6.45, 7) is 0. The largest absolute Gasteiger partial charge is 0.398 e. The normalized spacial score (nSPS) is 15.4. The minimum Gasteiger partial charge on any atom is -0.398 e. The highest BCUT2D eigenvalue weighted by molar-refractivity contribution is 6.05. The number of nitrogens with two attached hydrogens (primary N) is 1. The first kappa shape index (κ1) is 16.4. The Hall–Kier alpha value is -2.80. The van der Waals surface area contributed by atoms with Crippen LogP contribution in [-0.2, 0) is 0 Å². The van der Waals surface area contributed by atoms with Crippen molar-refractivity contribution in [1.82, 2.24) is 0 Å². The van der Waals surface area contributed by atoms with Crippen molar-refractivity contribution < 1.29 is 0 Å². The molecule has 1 aliphatic rings. The maximum atomic E-state index is 6.56. The lowest BCUT2D eigenvalue weighted by Crippen LogP contribution is -2.07. The molecule has 1 heteroatoms. The molecule has 0 saturated heterocycles. The molecular formula is C26H25N. The van der Waals surface area contributed by atoms with Crippen molar-refractivity contribution in [3.8, 4) is 11.1 Å². The maximum absolute atomic E-state index is 6.56. The van der Waals surface area contributed by atoms with Crippen molar-refractivity contribution in [2.45, 2.75) is 38.0 Å². The summed E-state index contributed by atoms with van der Waals surface area (Å²) in [5.41, 5.74) is 11.5. The van der Waals surface area contributed by atoms with E-state index in [4.69, 9.17) is 5.73 Å². The number of hydrogen-bond acceptors (Lipinski definition) is 1. The van der Waals surface area contributed by atoms with Gasteiger partial charge in [-0.2, -0.15) is 0 Å². The minimum absolute atomic E-state index is 0.623. The molecule has 5 rings (SSSR count). The van der Waals surface area contributed by atoms with Crippen LogP contribution in [0.25, 0.3) is 32.7 Å². The molecule has 0 radical (unpaired) electrons. The second-order valence-corrected chi connectivity index (χ2v) is 7.83. The number of nitrogen functional groups attached to an aromatic ring is 1. The van der Waals surface area contributed by atoms with Gasteiger partial charge in [-0.3, -0.25) is 0 Å². The minimum atomic E-state index is 0.623. The van der Waals surface area contributed by atoms with E-state index >= 15 is 0 Å². The SMILES string of the molecule is Nc1ccc2ccccc2c1-c1ccc2ccccc2c1C1CCCCC1. The van der Waals surface area contributed by atoms with E-state index in [2.05, 4.69) is 72.8 Å². The van der Waals surface area contributed by atoms with Gasteiger partial charge in [-0.1, -0.05) is 86.0 Å². The fourth-order valence-electron chi connectivity index (χ4n) is 4.93. The Morgan fingerprint density at radius 3 is 2.04 bits per heavy atom. The van der Waals surface area contributed by atoms with E-state index in [1.54, 1.807) is 0 Å². The van der Waals surface area contributed by atoms with Crippen molar-refractivity contribution in [1.29, 1.82) is 0 Å². The Balaban J connectivity index is 1.85. The highest BCUT2D eigenvalue weighted by Gasteiger charge is 2.23. The molecule has 0 atom stereocenters. The van der Waals surface area contributed by atoms with Crippen LogP contribution in [0.2, 0.25) is 0 Å². The van der Waals surface area contributed by atoms with E-state index in [-0.39, 0.29) is 0 Å². The van der Waals surface area contributed by atoms with E-state index in [0.29, 0.717) is 5.92 Å². The molecule has 0 aliphatic heterocycles. The third kappa shape index (κ3) is 2.78. The predicted octanol–water partition coefficient (Wildman–Crippen LogP) is 7.29. The molecule has 0 bridgehead atoms. The van der Waals surface area contributed by atoms with Gasteiger partial charge < -0.3 is 5.73 Å². The monoisotopic (exact) mass is 351 g/mol. The molecule has 134 valence electrons. The van der Waals surface area contributed by atoms with Crippen LogP contribution in [0.15, 0.2) is 72.8 Å². The fourth-order valence-corrected chi connectivity index (χ4v) is 4.93. The van der Waals surface area contributed by atoms with Crippen LogP contribution in [-0.4, -0.2) is 0 Å². The van der Waals surface area contributed by atoms with Crippen molar-refractivity contribution in [2.75, 3.05) is 5.73 Å². The van der Waals surface area contributed by atoms with Gasteiger partial charge in [0.15, 0.2) is 0 Å². The third-order valence-electron chi connectivity index (χ3n) is 6.21. The smallest absolute Gasteiger partial charge is 0.0400 e. The summed E-state index contributed by atoms with van der Waals surface area (Å²) in [6.07, 6.45) is 6.60. The van der Waals surface area contributed by atoms with Gasteiger partial charge in [0, 0.05) is 11.3 Å². The summed E-state index contributed by atoms with van der Waals surface area (Å²) in [5.74, 6) is 0.623. The van der Waals surface area contributed by atoms with Gasteiger partial charge in [0.25, 0.3) is 0 Å². The zero-order valence-electron chi connectivity index (χ0n) is 15.6. The standard InChI is InChI=1S/C26H25N/c27-24-17-15-19-9-5-7-13-22(19)26(24)23-16-14-18-8-4-6-12-21(18)25(23)20-10-2-1-3-11-20/h4-9,12-17,20H,1-3,10-11,27H2. The Labute approximate surface area is 160 Å². The topological polar surface area (TPSA) is 26.0 Å². The fraction of sp³-hybridized carbons (Fsp3) is 0.231. The zero-order valence-corrected chi connectivity index (χ0v) is 15.6. The van der Waals surface area contributed by atoms with Crippen molar-refractivity contribution in [2.24, 2.45) is 0 Å². The number of benzene rings is 4. The van der Waals surface area contributed by atoms with Crippen LogP contribution in [0.4, 0.5) is 5.69 Å². The molecule has 4 aromatic rings. The molecule has 0 unspecified atom stereocenters. The van der Waals surface area contributed by atoms with E-state index in [9.17, 15) is 0 Å². The summed E-state index contributed by atoms with van der Waals surface area (Å²) in [4.78, 5) is 0. The first-order chi connectivity index (χ1) is 13.3. The van der Waals surface area contributed by atoms with Gasteiger partial charge in [0.1, 0.15) is 0 Å². The van der Waals surface area contributed by atoms with Gasteiger partial charge >= 0.3 is 0 Å². The molecule has 4 aromatic carbocycles. The van der Waals surface area contributed by atoms with E-state index in [1.165, 1.54) is 70.3 Å². The van der Waals surface area contributed by atoms with E-state index in [1.807, 2.05) is 0 Å². The van der Waals surface area contributed by atoms with Gasteiger partial charge in [0.05, 0.1) is 0 Å². The van der Waals surface area contributed by atoms with Crippen LogP contribution < -0.4 is 5.73 Å². The van der Waals surface area contributed by atoms with Crippen LogP contribution in [0, 0.1) is 0 Å². The molecule has 1 saturated carbocycles. The molecule has 1 fully saturated rings. The first-order valence-corrected chi connectivity index (χ1v) is 10.1. The molecular weight excluding hydrogens is 326 g/mol. The van der Waals surface area contributed by atoms with Crippen molar-refractivity contribution in [3.05, 3.63) is 78.4 Å². The highest BCUT2D eigenvalue weighted by Crippen LogP contribution is 2.45. The summed E-state index contributed by atoms with van der Waals surface area (Å²) in [6, 6.07) is 26.2. The van der Waals surface area contributed by atoms with Gasteiger partial charge in [-0.15, -0.1) is 0 Å². The summed E-state index contributed by atoms with van der Waals surface area (Å²) in [7, 11) is 0. The Bertz CT molecular complexity index is 1120. The van der Waals surface area contributed by atoms with Gasteiger partial charge in [0.2, 0.25) is 0 Å². The average molecular weight is 351 g/mol. The molecule has 1 nitrogen and oxygen atoms in total. The van der Waals surface area contributed by atoms with Crippen molar-refractivity contribution >= 4 is 27.2 Å². The lowest BCUT2D eigenvalue weighted by atomic mass is 9.78. The van der Waals surface area contributed by atoms with E-state index in [0.717, 1.165) is 5.69 Å². The number of hydrogen-bond donors (Lipinski definition) is 1. The van der Waals surface area contributed by atoms with E-state index < -0.39 is 0 Å². The van der Waals surface area contributed by atoms with Gasteiger partial charge in [-0.25, -0.2) is 0 Å². The Morgan fingerprint density at radius 1 is 0.630 bits per heavy atom. The molecule has 1 aliphatic carbocycles. The average Bonchev–Trinajstić information content (AvgIpc) is 2.73. The van der Waals surface area contributed by atoms with Crippen LogP contribution in [0.3, 0.4) is 0 Å². The first-order valence-electron chi connectivity index (χ1n) is 10.1. The highest BCUT2D eigenvalue weighted by atomic mass is 14.6. The molecule has 0 heterocycles. The molecule has 0 amide bonds. The number of anilines is 1. The number of fused-ring (bicyclic) bond motifs is 2. The Morgan fingerprint density at radius 2 is 1.26 bits per heavy atom. The maximum Gasteiger partial charge on any atom is 0.0400 e. The van der Waals surface area contributed by atoms with Crippen molar-refractivity contribution in [3.63, 3.8) is 0 Å². The Kier molecular flexibility index (Phi) is 4.09. The molecule has 0 aromatic heterocycles. The van der Waals surface area contributed by atoms with Crippen LogP contribution in [0.1, 0.15) is 43.6 Å². The van der Waals surface area contributed by atoms with Crippen LogP contribution >= 0.6 is 0 Å². The lowest BCUT2D eigenvalue weighted by molar-refractivity contribution is 0.446. The van der Waals surface area contributed by atoms with Crippen LogP contribution in [0.5, 0.6) is 0 Å². The number of rotatable bonds is 2. The second-order valence-electron chi connectivity index (χ2n) is 7.83. The molecule has 2 N–H and O–H groups in total. The summed E-state index contributed by atoms with van der Waals surface area (Å²) in [5, 5.41) is 5.24. The zero-order chi connectivity index (χ0) is 18.2. The summed E-state index contributed by atoms with van der Waals surface area (Å²) >= 11 is 0. The lowest BCUT2D eigenvalue weighted by Gasteiger charge is -2.27. The quantitative estimate of drug-likeness (QED) is 0.377. The third-order valence-corrected chi connectivity index (χ3v) is 6.21. The molecule has 0 spiro atoms. The molecule has 27 heavy (non-hydrogen) atoms. The predicted molar refractivity (Wildman–Crippen MR) is 117 cm³/mol. The second kappa shape index (κ2) is 6.74. The summed E-state index contributed by atoms with van der Waals surface area (Å²) < 4.78 is 0. The van der Waals surface area contributed by atoms with Gasteiger partial charge in [-0.05, 0) is 57.5 Å².